The molecule has 0 spiro atoms. The lowest BCUT2D eigenvalue weighted by Gasteiger charge is -2.25. The van der Waals surface area contributed by atoms with Crippen LogP contribution >= 0.6 is 0 Å². The number of hydrogen-bond acceptors (Lipinski definition) is 3. The Morgan fingerprint density at radius 2 is 2.00 bits per heavy atom. The summed E-state index contributed by atoms with van der Waals surface area (Å²) in [4.78, 5) is 1.21. The lowest BCUT2D eigenvalue weighted by atomic mass is 10.3. The van der Waals surface area contributed by atoms with E-state index in [1.54, 1.807) is 6.92 Å². The third kappa shape index (κ3) is 7.11. The Bertz CT molecular complexity index is 152. The van der Waals surface area contributed by atoms with Crippen LogP contribution in [0.1, 0.15) is 13.3 Å². The van der Waals surface area contributed by atoms with Crippen molar-refractivity contribution in [1.29, 1.82) is 0 Å². The highest BCUT2D eigenvalue weighted by atomic mass is 19.4. The minimum absolute atomic E-state index is 0.0733. The van der Waals surface area contributed by atoms with Gasteiger partial charge in [-0.15, -0.1) is 0 Å². The molecule has 6 heteroatoms. The molecule has 86 valence electrons. The van der Waals surface area contributed by atoms with Crippen molar-refractivity contribution in [2.45, 2.75) is 25.6 Å². The van der Waals surface area contributed by atoms with Crippen molar-refractivity contribution in [2.24, 2.45) is 5.73 Å². The number of aliphatic hydroxyl groups is 1. The molecular formula is C8H17F3N2O. The number of aliphatic hydroxyl groups excluding tert-OH is 1. The normalized spacial score (nSPS) is 14.8. The fourth-order valence-electron chi connectivity index (χ4n) is 1.19. The average molecular weight is 214 g/mol. The van der Waals surface area contributed by atoms with Crippen LogP contribution in [-0.2, 0) is 0 Å². The molecule has 0 rings (SSSR count). The Hall–Kier alpha value is -0.330. The van der Waals surface area contributed by atoms with Crippen molar-refractivity contribution >= 4 is 0 Å². The molecule has 0 saturated carbocycles. The molecule has 0 saturated heterocycles. The lowest BCUT2D eigenvalue weighted by Crippen LogP contribution is -2.44. The van der Waals surface area contributed by atoms with Crippen molar-refractivity contribution in [1.82, 2.24) is 4.90 Å². The Kier molecular flexibility index (Phi) is 6.06. The summed E-state index contributed by atoms with van der Waals surface area (Å²) in [5.41, 5.74) is 5.36. The van der Waals surface area contributed by atoms with E-state index in [0.29, 0.717) is 13.0 Å². The second kappa shape index (κ2) is 6.21. The maximum atomic E-state index is 12.0. The van der Waals surface area contributed by atoms with Gasteiger partial charge in [0.2, 0.25) is 0 Å². The summed E-state index contributed by atoms with van der Waals surface area (Å²) in [7, 11) is 0. The topological polar surface area (TPSA) is 49.5 Å². The molecule has 3 N–H and O–H groups in total. The van der Waals surface area contributed by atoms with Gasteiger partial charge in [0.25, 0.3) is 0 Å². The first kappa shape index (κ1) is 13.7. The van der Waals surface area contributed by atoms with Crippen molar-refractivity contribution < 1.29 is 18.3 Å². The summed E-state index contributed by atoms with van der Waals surface area (Å²) in [5.74, 6) is 0. The summed E-state index contributed by atoms with van der Waals surface area (Å²) in [6, 6.07) is -0.608. The van der Waals surface area contributed by atoms with Gasteiger partial charge in [-0.3, -0.25) is 4.90 Å². The molecule has 0 aromatic rings. The van der Waals surface area contributed by atoms with Gasteiger partial charge in [0.05, 0.1) is 13.2 Å². The molecule has 1 atom stereocenters. The van der Waals surface area contributed by atoms with Crippen molar-refractivity contribution in [2.75, 3.05) is 26.2 Å². The summed E-state index contributed by atoms with van der Waals surface area (Å²) in [5, 5.41) is 8.62. The molecule has 0 aromatic carbocycles. The first-order valence-electron chi connectivity index (χ1n) is 4.54. The average Bonchev–Trinajstić information content (AvgIpc) is 2.01. The van der Waals surface area contributed by atoms with Crippen LogP contribution in [0.3, 0.4) is 0 Å². The van der Waals surface area contributed by atoms with Crippen molar-refractivity contribution in [3.8, 4) is 0 Å². The molecule has 0 radical (unpaired) electrons. The maximum Gasteiger partial charge on any atom is 0.401 e. The number of nitrogens with zero attached hydrogens (tertiary/aromatic N) is 1. The molecule has 0 bridgehead atoms. The van der Waals surface area contributed by atoms with Crippen LogP contribution in [0, 0.1) is 0 Å². The zero-order valence-corrected chi connectivity index (χ0v) is 8.22. The van der Waals surface area contributed by atoms with Crippen LogP contribution < -0.4 is 5.73 Å². The van der Waals surface area contributed by atoms with Crippen LogP contribution in [0.15, 0.2) is 0 Å². The van der Waals surface area contributed by atoms with E-state index in [0.717, 1.165) is 0 Å². The highest BCUT2D eigenvalue weighted by molar-refractivity contribution is 4.69. The molecule has 14 heavy (non-hydrogen) atoms. The van der Waals surface area contributed by atoms with Gasteiger partial charge in [-0.2, -0.15) is 13.2 Å². The molecule has 3 nitrogen and oxygen atoms in total. The van der Waals surface area contributed by atoms with E-state index in [1.165, 1.54) is 4.90 Å². The van der Waals surface area contributed by atoms with E-state index >= 15 is 0 Å². The van der Waals surface area contributed by atoms with Gasteiger partial charge < -0.3 is 10.8 Å². The third-order valence-corrected chi connectivity index (χ3v) is 1.67. The van der Waals surface area contributed by atoms with Gasteiger partial charge in [-0.1, -0.05) is 6.92 Å². The zero-order chi connectivity index (χ0) is 11.2. The Morgan fingerprint density at radius 1 is 1.43 bits per heavy atom. The van der Waals surface area contributed by atoms with Gasteiger partial charge in [0.15, 0.2) is 0 Å². The van der Waals surface area contributed by atoms with E-state index < -0.39 is 18.8 Å². The second-order valence-electron chi connectivity index (χ2n) is 3.29. The fourth-order valence-corrected chi connectivity index (χ4v) is 1.19. The van der Waals surface area contributed by atoms with Gasteiger partial charge in [0, 0.05) is 12.6 Å². The van der Waals surface area contributed by atoms with Crippen molar-refractivity contribution in [3.05, 3.63) is 0 Å². The van der Waals surface area contributed by atoms with Gasteiger partial charge in [-0.05, 0) is 13.0 Å². The number of nitrogens with two attached hydrogens (primary N) is 1. The predicted octanol–water partition coefficient (Wildman–Crippen LogP) is 0.580. The number of alkyl halides is 3. The summed E-state index contributed by atoms with van der Waals surface area (Å²) >= 11 is 0. The fraction of sp³-hybridized carbons (Fsp3) is 1.00. The van der Waals surface area contributed by atoms with E-state index in [4.69, 9.17) is 10.8 Å². The minimum atomic E-state index is -4.20. The summed E-state index contributed by atoms with van der Waals surface area (Å²) < 4.78 is 36.1. The number of hydrogen-bond donors (Lipinski definition) is 2. The standard InChI is InChI=1S/C8H17F3N2O/c1-2-3-13(4-7(12)5-14)6-8(9,10)11/h7,14H,2-6,12H2,1H3. The minimum Gasteiger partial charge on any atom is -0.395 e. The summed E-state index contributed by atoms with van der Waals surface area (Å²) in [6.07, 6.45) is -3.57. The van der Waals surface area contributed by atoms with E-state index in [1.807, 2.05) is 0 Å². The van der Waals surface area contributed by atoms with E-state index in [9.17, 15) is 13.2 Å². The van der Waals surface area contributed by atoms with Crippen LogP contribution in [0.2, 0.25) is 0 Å². The highest BCUT2D eigenvalue weighted by Crippen LogP contribution is 2.16. The molecule has 0 aromatic heterocycles. The van der Waals surface area contributed by atoms with Crippen LogP contribution in [0.5, 0.6) is 0 Å². The lowest BCUT2D eigenvalue weighted by molar-refractivity contribution is -0.146. The largest absolute Gasteiger partial charge is 0.401 e. The number of halogens is 3. The van der Waals surface area contributed by atoms with Crippen LogP contribution in [-0.4, -0.2) is 48.5 Å². The van der Waals surface area contributed by atoms with E-state index in [2.05, 4.69) is 0 Å². The Balaban J connectivity index is 4.01. The summed E-state index contributed by atoms with van der Waals surface area (Å²) in [6.45, 7) is 0.956. The van der Waals surface area contributed by atoms with E-state index in [-0.39, 0.29) is 13.2 Å². The van der Waals surface area contributed by atoms with Gasteiger partial charge >= 0.3 is 6.18 Å². The third-order valence-electron chi connectivity index (χ3n) is 1.67. The number of rotatable bonds is 6. The molecule has 0 amide bonds. The molecule has 1 unspecified atom stereocenters. The molecule has 0 aliphatic carbocycles. The predicted molar refractivity (Wildman–Crippen MR) is 47.8 cm³/mol. The quantitative estimate of drug-likeness (QED) is 0.680. The molecular weight excluding hydrogens is 197 g/mol. The molecule has 0 aliphatic rings. The smallest absolute Gasteiger partial charge is 0.395 e. The van der Waals surface area contributed by atoms with Gasteiger partial charge in [0.1, 0.15) is 0 Å². The van der Waals surface area contributed by atoms with Crippen LogP contribution in [0.25, 0.3) is 0 Å². The monoisotopic (exact) mass is 214 g/mol. The maximum absolute atomic E-state index is 12.0. The molecule has 0 aliphatic heterocycles. The van der Waals surface area contributed by atoms with Crippen molar-refractivity contribution in [3.63, 3.8) is 0 Å². The second-order valence-corrected chi connectivity index (χ2v) is 3.29. The molecule has 0 fully saturated rings. The Morgan fingerprint density at radius 3 is 2.36 bits per heavy atom. The van der Waals surface area contributed by atoms with Crippen LogP contribution in [0.4, 0.5) is 13.2 Å². The van der Waals surface area contributed by atoms with Gasteiger partial charge in [-0.25, -0.2) is 0 Å². The SMILES string of the molecule is CCCN(CC(N)CO)CC(F)(F)F. The molecule has 0 heterocycles. The highest BCUT2D eigenvalue weighted by Gasteiger charge is 2.30. The Labute approximate surface area is 81.7 Å². The first-order chi connectivity index (χ1) is 6.39. The first-order valence-corrected chi connectivity index (χ1v) is 4.54. The zero-order valence-electron chi connectivity index (χ0n) is 8.22.